The van der Waals surface area contributed by atoms with Crippen LogP contribution in [-0.4, -0.2) is 36.6 Å². The van der Waals surface area contributed by atoms with Crippen LogP contribution in [-0.2, 0) is 11.2 Å². The summed E-state index contributed by atoms with van der Waals surface area (Å²) in [6, 6.07) is 9.33. The van der Waals surface area contributed by atoms with Crippen LogP contribution in [0.25, 0.3) is 0 Å². The standard InChI is InChI=1S/C14H16N2O2/c1-11-10-16(8-9-18-11)14(17)13-4-2-12(3-5-13)6-7-15/h2-5,11H,6,8-10H2,1H3/t11-/m1/s1. The molecule has 1 saturated heterocycles. The third kappa shape index (κ3) is 2.88. The molecule has 1 aliphatic heterocycles. The lowest BCUT2D eigenvalue weighted by Crippen LogP contribution is -2.44. The molecule has 1 atom stereocenters. The molecule has 1 aromatic rings. The van der Waals surface area contributed by atoms with Gasteiger partial charge in [0.25, 0.3) is 5.91 Å². The molecule has 0 N–H and O–H groups in total. The number of amides is 1. The van der Waals surface area contributed by atoms with E-state index in [0.29, 0.717) is 31.7 Å². The Kier molecular flexibility index (Phi) is 3.96. The van der Waals surface area contributed by atoms with Gasteiger partial charge in [-0.1, -0.05) is 12.1 Å². The number of morpholine rings is 1. The Bertz CT molecular complexity index is 462. The number of carbonyl (C=O) groups excluding carboxylic acids is 1. The quantitative estimate of drug-likeness (QED) is 0.794. The largest absolute Gasteiger partial charge is 0.375 e. The van der Waals surface area contributed by atoms with Gasteiger partial charge in [0.1, 0.15) is 0 Å². The highest BCUT2D eigenvalue weighted by atomic mass is 16.5. The number of carbonyl (C=O) groups is 1. The summed E-state index contributed by atoms with van der Waals surface area (Å²) in [5.41, 5.74) is 1.61. The van der Waals surface area contributed by atoms with Gasteiger partial charge in [0, 0.05) is 18.7 Å². The van der Waals surface area contributed by atoms with Crippen LogP contribution in [0, 0.1) is 11.3 Å². The van der Waals surface area contributed by atoms with Crippen molar-refractivity contribution in [2.24, 2.45) is 0 Å². The highest BCUT2D eigenvalue weighted by molar-refractivity contribution is 5.94. The van der Waals surface area contributed by atoms with E-state index >= 15 is 0 Å². The summed E-state index contributed by atoms with van der Waals surface area (Å²) in [7, 11) is 0. The molecule has 0 unspecified atom stereocenters. The summed E-state index contributed by atoms with van der Waals surface area (Å²) in [5.74, 6) is 0.0358. The van der Waals surface area contributed by atoms with Crippen molar-refractivity contribution < 1.29 is 9.53 Å². The van der Waals surface area contributed by atoms with E-state index in [0.717, 1.165) is 5.56 Å². The number of benzene rings is 1. The number of nitriles is 1. The minimum absolute atomic E-state index is 0.0358. The molecule has 0 saturated carbocycles. The molecule has 4 nitrogen and oxygen atoms in total. The van der Waals surface area contributed by atoms with Gasteiger partial charge >= 0.3 is 0 Å². The number of ether oxygens (including phenoxy) is 1. The zero-order valence-electron chi connectivity index (χ0n) is 10.4. The Morgan fingerprint density at radius 3 is 2.83 bits per heavy atom. The van der Waals surface area contributed by atoms with Gasteiger partial charge < -0.3 is 9.64 Å². The van der Waals surface area contributed by atoms with E-state index in [-0.39, 0.29) is 12.0 Å². The van der Waals surface area contributed by atoms with Crippen LogP contribution in [0.5, 0.6) is 0 Å². The van der Waals surface area contributed by atoms with Crippen LogP contribution in [0.3, 0.4) is 0 Å². The van der Waals surface area contributed by atoms with Crippen LogP contribution in [0.15, 0.2) is 24.3 Å². The fourth-order valence-electron chi connectivity index (χ4n) is 2.04. The van der Waals surface area contributed by atoms with E-state index in [4.69, 9.17) is 10.00 Å². The van der Waals surface area contributed by atoms with Crippen molar-refractivity contribution in [3.8, 4) is 6.07 Å². The van der Waals surface area contributed by atoms with Gasteiger partial charge in [-0.25, -0.2) is 0 Å². The topological polar surface area (TPSA) is 53.3 Å². The first-order valence-electron chi connectivity index (χ1n) is 6.07. The molecule has 0 radical (unpaired) electrons. The zero-order chi connectivity index (χ0) is 13.0. The lowest BCUT2D eigenvalue weighted by atomic mass is 10.1. The molecule has 1 fully saturated rings. The average molecular weight is 244 g/mol. The third-order valence-corrected chi connectivity index (χ3v) is 3.01. The third-order valence-electron chi connectivity index (χ3n) is 3.01. The van der Waals surface area contributed by atoms with E-state index in [2.05, 4.69) is 6.07 Å². The smallest absolute Gasteiger partial charge is 0.254 e. The normalized spacial score (nSPS) is 19.3. The molecule has 0 aliphatic carbocycles. The molecule has 4 heteroatoms. The SMILES string of the molecule is C[C@@H]1CN(C(=O)c2ccc(CC#N)cc2)CCO1. The van der Waals surface area contributed by atoms with Gasteiger partial charge in [-0.05, 0) is 24.6 Å². The lowest BCUT2D eigenvalue weighted by Gasteiger charge is -2.31. The number of hydrogen-bond acceptors (Lipinski definition) is 3. The van der Waals surface area contributed by atoms with Crippen molar-refractivity contribution in [3.63, 3.8) is 0 Å². The van der Waals surface area contributed by atoms with Crippen molar-refractivity contribution in [1.29, 1.82) is 5.26 Å². The van der Waals surface area contributed by atoms with Crippen LogP contribution < -0.4 is 0 Å². The second kappa shape index (κ2) is 5.65. The molecule has 18 heavy (non-hydrogen) atoms. The summed E-state index contributed by atoms with van der Waals surface area (Å²) in [6.07, 6.45) is 0.476. The summed E-state index contributed by atoms with van der Waals surface area (Å²) >= 11 is 0. The minimum Gasteiger partial charge on any atom is -0.375 e. The first-order chi connectivity index (χ1) is 8.70. The van der Waals surface area contributed by atoms with Crippen molar-refractivity contribution in [1.82, 2.24) is 4.90 Å². The zero-order valence-corrected chi connectivity index (χ0v) is 10.4. The highest BCUT2D eigenvalue weighted by Crippen LogP contribution is 2.11. The Hall–Kier alpha value is -1.86. The van der Waals surface area contributed by atoms with Crippen molar-refractivity contribution in [3.05, 3.63) is 35.4 Å². The van der Waals surface area contributed by atoms with Gasteiger partial charge in [-0.2, -0.15) is 5.26 Å². The highest BCUT2D eigenvalue weighted by Gasteiger charge is 2.22. The lowest BCUT2D eigenvalue weighted by molar-refractivity contribution is -0.0124. The molecule has 0 aromatic heterocycles. The maximum Gasteiger partial charge on any atom is 0.254 e. The molecule has 94 valence electrons. The maximum atomic E-state index is 12.2. The molecule has 1 aromatic carbocycles. The van der Waals surface area contributed by atoms with Crippen LogP contribution in [0.1, 0.15) is 22.8 Å². The fourth-order valence-corrected chi connectivity index (χ4v) is 2.04. The fraction of sp³-hybridized carbons (Fsp3) is 0.429. The first-order valence-corrected chi connectivity index (χ1v) is 6.07. The number of hydrogen-bond donors (Lipinski definition) is 0. The summed E-state index contributed by atoms with van der Waals surface area (Å²) < 4.78 is 5.42. The Labute approximate surface area is 107 Å². The van der Waals surface area contributed by atoms with E-state index in [1.165, 1.54) is 0 Å². The van der Waals surface area contributed by atoms with E-state index < -0.39 is 0 Å². The Morgan fingerprint density at radius 1 is 1.50 bits per heavy atom. The summed E-state index contributed by atoms with van der Waals surface area (Å²) in [6.45, 7) is 3.84. The molecule has 2 rings (SSSR count). The monoisotopic (exact) mass is 244 g/mol. The second-order valence-electron chi connectivity index (χ2n) is 4.46. The van der Waals surface area contributed by atoms with Crippen LogP contribution in [0.4, 0.5) is 0 Å². The van der Waals surface area contributed by atoms with Crippen molar-refractivity contribution in [2.45, 2.75) is 19.4 Å². The Balaban J connectivity index is 2.06. The molecule has 1 amide bonds. The average Bonchev–Trinajstić information content (AvgIpc) is 2.39. The molecule has 0 spiro atoms. The van der Waals surface area contributed by atoms with Gasteiger partial charge in [0.2, 0.25) is 0 Å². The molecular weight excluding hydrogens is 228 g/mol. The molecule has 1 aliphatic rings. The van der Waals surface area contributed by atoms with E-state index in [9.17, 15) is 4.79 Å². The van der Waals surface area contributed by atoms with Gasteiger partial charge in [0.15, 0.2) is 0 Å². The predicted octanol–water partition coefficient (Wildman–Crippen LogP) is 1.61. The van der Waals surface area contributed by atoms with Crippen LogP contribution >= 0.6 is 0 Å². The second-order valence-corrected chi connectivity index (χ2v) is 4.46. The van der Waals surface area contributed by atoms with E-state index in [1.54, 1.807) is 12.1 Å². The van der Waals surface area contributed by atoms with Gasteiger partial charge in [-0.3, -0.25) is 4.79 Å². The van der Waals surface area contributed by atoms with Crippen molar-refractivity contribution in [2.75, 3.05) is 19.7 Å². The van der Waals surface area contributed by atoms with Crippen LogP contribution in [0.2, 0.25) is 0 Å². The minimum atomic E-state index is 0.0358. The molecule has 0 bridgehead atoms. The summed E-state index contributed by atoms with van der Waals surface area (Å²) in [5, 5.41) is 8.59. The summed E-state index contributed by atoms with van der Waals surface area (Å²) in [4.78, 5) is 14.0. The molecular formula is C14H16N2O2. The molecule has 1 heterocycles. The van der Waals surface area contributed by atoms with Gasteiger partial charge in [0.05, 0.1) is 25.2 Å². The van der Waals surface area contributed by atoms with Gasteiger partial charge in [-0.15, -0.1) is 0 Å². The number of rotatable bonds is 2. The number of nitrogens with zero attached hydrogens (tertiary/aromatic N) is 2. The first kappa shape index (κ1) is 12.6. The maximum absolute atomic E-state index is 12.2. The predicted molar refractivity (Wildman–Crippen MR) is 67.1 cm³/mol. The Morgan fingerprint density at radius 2 is 2.22 bits per heavy atom. The van der Waals surface area contributed by atoms with E-state index in [1.807, 2.05) is 24.0 Å². The van der Waals surface area contributed by atoms with Crippen molar-refractivity contribution >= 4 is 5.91 Å².